The van der Waals surface area contributed by atoms with Crippen molar-refractivity contribution in [3.8, 4) is 0 Å². The Labute approximate surface area is 171 Å². The van der Waals surface area contributed by atoms with Crippen LogP contribution in [0.1, 0.15) is 40.5 Å². The molecule has 0 saturated carbocycles. The molecular formula is C18H26Cl2N2O4S. The Hall–Kier alpha value is -1.02. The van der Waals surface area contributed by atoms with Crippen LogP contribution >= 0.6 is 23.2 Å². The molecule has 0 aliphatic carbocycles. The molecule has 27 heavy (non-hydrogen) atoms. The predicted octanol–water partition coefficient (Wildman–Crippen LogP) is 4.40. The highest BCUT2D eigenvalue weighted by Crippen LogP contribution is 2.31. The summed E-state index contributed by atoms with van der Waals surface area (Å²) in [6.07, 6.45) is 0.747. The summed E-state index contributed by atoms with van der Waals surface area (Å²) in [6.45, 7) is 8.36. The van der Waals surface area contributed by atoms with Crippen molar-refractivity contribution in [2.45, 2.75) is 57.1 Å². The molecule has 1 atom stereocenters. The number of carbonyl (C=O) groups is 1. The van der Waals surface area contributed by atoms with E-state index in [0.29, 0.717) is 31.0 Å². The highest BCUT2D eigenvalue weighted by Gasteiger charge is 2.38. The first-order valence-electron chi connectivity index (χ1n) is 8.90. The second kappa shape index (κ2) is 8.55. The maximum absolute atomic E-state index is 13.2. The normalized spacial score (nSPS) is 18.2. The van der Waals surface area contributed by atoms with Crippen molar-refractivity contribution < 1.29 is 17.9 Å². The lowest BCUT2D eigenvalue weighted by Gasteiger charge is -2.29. The molecule has 152 valence electrons. The monoisotopic (exact) mass is 436 g/mol. The fraction of sp³-hybridized carbons (Fsp3) is 0.611. The Morgan fingerprint density at radius 3 is 2.59 bits per heavy atom. The molecule has 1 aromatic rings. The Bertz CT molecular complexity index is 793. The maximum atomic E-state index is 13.2. The molecule has 9 heteroatoms. The number of benzene rings is 1. The number of amides is 1. The lowest BCUT2D eigenvalue weighted by Crippen LogP contribution is -2.43. The van der Waals surface area contributed by atoms with Gasteiger partial charge in [-0.2, -0.15) is 4.31 Å². The molecule has 2 rings (SSSR count). The van der Waals surface area contributed by atoms with Gasteiger partial charge in [0.1, 0.15) is 10.5 Å². The number of ether oxygens (including phenoxy) is 1. The minimum Gasteiger partial charge on any atom is -0.444 e. The number of rotatable bonds is 5. The van der Waals surface area contributed by atoms with Gasteiger partial charge in [0, 0.05) is 30.7 Å². The standard InChI is InChI=1S/C18H26Cl2N2O4S/c1-5-9-22(27(24,25)16-11-13(19)6-7-15(16)20)14-8-10-21(12-14)17(23)26-18(2,3)4/h6-7,11,14H,5,8-10,12H2,1-4H3/t14-/m1/s1. The van der Waals surface area contributed by atoms with Gasteiger partial charge in [0.15, 0.2) is 0 Å². The summed E-state index contributed by atoms with van der Waals surface area (Å²) in [5.74, 6) is 0. The smallest absolute Gasteiger partial charge is 0.410 e. The summed E-state index contributed by atoms with van der Waals surface area (Å²) >= 11 is 12.1. The highest BCUT2D eigenvalue weighted by molar-refractivity contribution is 7.89. The molecule has 0 bridgehead atoms. The third-order valence-corrected chi connectivity index (χ3v) is 6.81. The summed E-state index contributed by atoms with van der Waals surface area (Å²) in [5.41, 5.74) is -0.599. The van der Waals surface area contributed by atoms with Gasteiger partial charge in [-0.05, 0) is 51.8 Å². The number of nitrogens with zero attached hydrogens (tertiary/aromatic N) is 2. The van der Waals surface area contributed by atoms with E-state index in [1.807, 2.05) is 6.92 Å². The van der Waals surface area contributed by atoms with Crippen molar-refractivity contribution in [2.24, 2.45) is 0 Å². The molecule has 1 aliphatic rings. The van der Waals surface area contributed by atoms with Gasteiger partial charge in [-0.3, -0.25) is 0 Å². The first-order valence-corrected chi connectivity index (χ1v) is 11.1. The summed E-state index contributed by atoms with van der Waals surface area (Å²) in [7, 11) is -3.85. The van der Waals surface area contributed by atoms with E-state index in [0.717, 1.165) is 0 Å². The molecule has 0 radical (unpaired) electrons. The van der Waals surface area contributed by atoms with Gasteiger partial charge in [-0.15, -0.1) is 0 Å². The topological polar surface area (TPSA) is 66.9 Å². The number of likely N-dealkylation sites (tertiary alicyclic amines) is 1. The minimum absolute atomic E-state index is 0.0131. The summed E-state index contributed by atoms with van der Waals surface area (Å²) in [5, 5.41) is 0.429. The van der Waals surface area contributed by atoms with Gasteiger partial charge in [0.05, 0.1) is 5.02 Å². The van der Waals surface area contributed by atoms with Crippen LogP contribution in [0.25, 0.3) is 0 Å². The van der Waals surface area contributed by atoms with E-state index in [9.17, 15) is 13.2 Å². The Morgan fingerprint density at radius 2 is 2.00 bits per heavy atom. The molecular weight excluding hydrogens is 411 g/mol. The number of hydrogen-bond donors (Lipinski definition) is 0. The molecule has 0 spiro atoms. The first kappa shape index (κ1) is 22.3. The van der Waals surface area contributed by atoms with Crippen molar-refractivity contribution in [3.05, 3.63) is 28.2 Å². The van der Waals surface area contributed by atoms with Gasteiger partial charge in [-0.25, -0.2) is 13.2 Å². The van der Waals surface area contributed by atoms with Crippen LogP contribution in [0.5, 0.6) is 0 Å². The van der Waals surface area contributed by atoms with Gasteiger partial charge >= 0.3 is 6.09 Å². The Kier molecular flexibility index (Phi) is 7.06. The zero-order valence-electron chi connectivity index (χ0n) is 16.0. The average Bonchev–Trinajstić information content (AvgIpc) is 3.02. The van der Waals surface area contributed by atoms with Gasteiger partial charge in [0.25, 0.3) is 0 Å². The first-order chi connectivity index (χ1) is 12.5. The average molecular weight is 437 g/mol. The molecule has 0 unspecified atom stereocenters. The highest BCUT2D eigenvalue weighted by atomic mass is 35.5. The second-order valence-electron chi connectivity index (χ2n) is 7.56. The van der Waals surface area contributed by atoms with Crippen LogP contribution in [-0.4, -0.2) is 55.0 Å². The molecule has 0 N–H and O–H groups in total. The maximum Gasteiger partial charge on any atom is 0.410 e. The van der Waals surface area contributed by atoms with Crippen molar-refractivity contribution >= 4 is 39.3 Å². The molecule has 1 amide bonds. The third-order valence-electron chi connectivity index (χ3n) is 4.15. The summed E-state index contributed by atoms with van der Waals surface area (Å²) < 4.78 is 33.3. The van der Waals surface area contributed by atoms with E-state index < -0.39 is 21.7 Å². The van der Waals surface area contributed by atoms with Crippen LogP contribution in [0.15, 0.2) is 23.1 Å². The molecule has 1 aromatic carbocycles. The van der Waals surface area contributed by atoms with Gasteiger partial charge < -0.3 is 9.64 Å². The van der Waals surface area contributed by atoms with Crippen molar-refractivity contribution in [3.63, 3.8) is 0 Å². The van der Waals surface area contributed by atoms with Crippen LogP contribution in [0.2, 0.25) is 10.0 Å². The largest absolute Gasteiger partial charge is 0.444 e. The van der Waals surface area contributed by atoms with Crippen molar-refractivity contribution in [1.29, 1.82) is 0 Å². The zero-order valence-corrected chi connectivity index (χ0v) is 18.4. The van der Waals surface area contributed by atoms with Crippen LogP contribution in [0.4, 0.5) is 4.79 Å². The van der Waals surface area contributed by atoms with E-state index >= 15 is 0 Å². The van der Waals surface area contributed by atoms with Crippen LogP contribution in [-0.2, 0) is 14.8 Å². The second-order valence-corrected chi connectivity index (χ2v) is 10.3. The SMILES string of the molecule is CCCN([C@@H]1CCN(C(=O)OC(C)(C)C)C1)S(=O)(=O)c1cc(Cl)ccc1Cl. The summed E-state index contributed by atoms with van der Waals surface area (Å²) in [4.78, 5) is 13.8. The van der Waals surface area contributed by atoms with Crippen LogP contribution in [0.3, 0.4) is 0 Å². The number of carbonyl (C=O) groups excluding carboxylic acids is 1. The molecule has 1 aliphatic heterocycles. The predicted molar refractivity (Wildman–Crippen MR) is 107 cm³/mol. The van der Waals surface area contributed by atoms with Gasteiger partial charge in [0.2, 0.25) is 10.0 Å². The molecule has 1 fully saturated rings. The van der Waals surface area contributed by atoms with Crippen LogP contribution in [0, 0.1) is 0 Å². The fourth-order valence-corrected chi connectivity index (χ4v) is 5.47. The van der Waals surface area contributed by atoms with E-state index in [-0.39, 0.29) is 22.5 Å². The Morgan fingerprint density at radius 1 is 1.33 bits per heavy atom. The third kappa shape index (κ3) is 5.50. The molecule has 6 nitrogen and oxygen atoms in total. The molecule has 1 saturated heterocycles. The van der Waals surface area contributed by atoms with E-state index in [1.165, 1.54) is 16.4 Å². The van der Waals surface area contributed by atoms with Crippen molar-refractivity contribution in [2.75, 3.05) is 19.6 Å². The summed E-state index contributed by atoms with van der Waals surface area (Å²) in [6, 6.07) is 4.05. The van der Waals surface area contributed by atoms with Crippen molar-refractivity contribution in [1.82, 2.24) is 9.21 Å². The Balaban J connectivity index is 2.25. The van der Waals surface area contributed by atoms with Crippen LogP contribution < -0.4 is 0 Å². The molecule has 0 aromatic heterocycles. The number of hydrogen-bond acceptors (Lipinski definition) is 4. The van der Waals surface area contributed by atoms with E-state index in [1.54, 1.807) is 31.7 Å². The zero-order chi connectivity index (χ0) is 20.4. The quantitative estimate of drug-likeness (QED) is 0.685. The lowest BCUT2D eigenvalue weighted by molar-refractivity contribution is 0.0286. The fourth-order valence-electron chi connectivity index (χ4n) is 2.99. The number of sulfonamides is 1. The lowest BCUT2D eigenvalue weighted by atomic mass is 10.2. The van der Waals surface area contributed by atoms with Gasteiger partial charge in [-0.1, -0.05) is 30.1 Å². The van der Waals surface area contributed by atoms with E-state index in [2.05, 4.69) is 0 Å². The minimum atomic E-state index is -3.85. The van der Waals surface area contributed by atoms with E-state index in [4.69, 9.17) is 27.9 Å². The molecule has 1 heterocycles. The number of halogens is 2.